The van der Waals surface area contributed by atoms with Gasteiger partial charge in [0.25, 0.3) is 0 Å². The van der Waals surface area contributed by atoms with E-state index >= 15 is 0 Å². The first-order valence-corrected chi connectivity index (χ1v) is 8.73. The van der Waals surface area contributed by atoms with Crippen LogP contribution in [0.15, 0.2) is 23.2 Å². The first kappa shape index (κ1) is 17.5. The summed E-state index contributed by atoms with van der Waals surface area (Å²) in [6, 6.07) is 6.05. The molecule has 0 heterocycles. The van der Waals surface area contributed by atoms with Gasteiger partial charge >= 0.3 is 0 Å². The molecule has 1 aromatic rings. The first-order valence-electron chi connectivity index (χ1n) is 6.67. The van der Waals surface area contributed by atoms with Gasteiger partial charge in [0, 0.05) is 11.9 Å². The molecular formula is C14H23N3O3S. The van der Waals surface area contributed by atoms with Gasteiger partial charge in [0.05, 0.1) is 25.5 Å². The highest BCUT2D eigenvalue weighted by atomic mass is 32.2. The Hall–Kier alpha value is -1.60. The summed E-state index contributed by atoms with van der Waals surface area (Å²) < 4.78 is 27.0. The lowest BCUT2D eigenvalue weighted by molar-refractivity contribution is 0.157. The van der Waals surface area contributed by atoms with E-state index in [2.05, 4.69) is 16.4 Å². The number of hydrogen-bond donors (Lipinski definition) is 2. The van der Waals surface area contributed by atoms with Crippen LogP contribution in [0.3, 0.4) is 0 Å². The van der Waals surface area contributed by atoms with Crippen molar-refractivity contribution in [2.75, 3.05) is 37.1 Å². The summed E-state index contributed by atoms with van der Waals surface area (Å²) in [5, 5.41) is 3.02. The predicted molar refractivity (Wildman–Crippen MR) is 86.6 cm³/mol. The average molecular weight is 313 g/mol. The Kier molecular flexibility index (Phi) is 6.64. The van der Waals surface area contributed by atoms with E-state index in [1.165, 1.54) is 6.26 Å². The van der Waals surface area contributed by atoms with Crippen LogP contribution in [-0.2, 0) is 14.6 Å². The highest BCUT2D eigenvalue weighted by molar-refractivity contribution is 7.90. The van der Waals surface area contributed by atoms with Crippen LogP contribution < -0.4 is 11.1 Å². The van der Waals surface area contributed by atoms with E-state index in [1.807, 2.05) is 26.0 Å². The zero-order valence-electron chi connectivity index (χ0n) is 12.7. The molecule has 0 fully saturated rings. The fourth-order valence-electron chi connectivity index (χ4n) is 1.78. The summed E-state index contributed by atoms with van der Waals surface area (Å²) in [6.07, 6.45) is 1.18. The van der Waals surface area contributed by atoms with Crippen LogP contribution in [0.2, 0.25) is 0 Å². The summed E-state index contributed by atoms with van der Waals surface area (Å²) in [5.74, 6) is 0.333. The maximum absolute atomic E-state index is 10.9. The molecule has 3 N–H and O–H groups in total. The van der Waals surface area contributed by atoms with Crippen molar-refractivity contribution < 1.29 is 13.2 Å². The second-order valence-electron chi connectivity index (χ2n) is 5.01. The maximum Gasteiger partial charge on any atom is 0.193 e. The average Bonchev–Trinajstić information content (AvgIpc) is 2.30. The van der Waals surface area contributed by atoms with E-state index in [0.29, 0.717) is 19.1 Å². The number of benzene rings is 1. The molecule has 0 spiro atoms. The Bertz CT molecular complexity index is 577. The van der Waals surface area contributed by atoms with Gasteiger partial charge in [0.15, 0.2) is 5.96 Å². The number of rotatable bonds is 7. The summed E-state index contributed by atoms with van der Waals surface area (Å²) in [5.41, 5.74) is 8.97. The van der Waals surface area contributed by atoms with Crippen LogP contribution in [0.1, 0.15) is 11.1 Å². The van der Waals surface area contributed by atoms with E-state index in [4.69, 9.17) is 10.5 Å². The Morgan fingerprint density at radius 2 is 1.86 bits per heavy atom. The molecule has 0 aromatic heterocycles. The fourth-order valence-corrected chi connectivity index (χ4v) is 2.20. The Morgan fingerprint density at radius 1 is 1.24 bits per heavy atom. The second kappa shape index (κ2) is 7.99. The first-order chi connectivity index (χ1) is 9.76. The van der Waals surface area contributed by atoms with Crippen LogP contribution in [-0.4, -0.2) is 46.1 Å². The largest absolute Gasteiger partial charge is 0.378 e. The van der Waals surface area contributed by atoms with Crippen molar-refractivity contribution in [3.05, 3.63) is 29.3 Å². The SMILES string of the molecule is Cc1cc(C)cc(NC(N)=NCCOCCS(C)(=O)=O)c1. The number of nitrogens with one attached hydrogen (secondary N) is 1. The number of aliphatic imine (C=N–C) groups is 1. The van der Waals surface area contributed by atoms with E-state index in [0.717, 1.165) is 16.8 Å². The van der Waals surface area contributed by atoms with E-state index in [9.17, 15) is 8.42 Å². The molecular weight excluding hydrogens is 290 g/mol. The van der Waals surface area contributed by atoms with Crippen LogP contribution in [0.4, 0.5) is 5.69 Å². The van der Waals surface area contributed by atoms with E-state index in [1.54, 1.807) is 0 Å². The minimum Gasteiger partial charge on any atom is -0.378 e. The molecule has 0 amide bonds. The zero-order chi connectivity index (χ0) is 15.9. The Morgan fingerprint density at radius 3 is 2.43 bits per heavy atom. The second-order valence-corrected chi connectivity index (χ2v) is 7.27. The molecule has 0 aliphatic carbocycles. The van der Waals surface area contributed by atoms with Gasteiger partial charge in [-0.15, -0.1) is 0 Å². The lowest BCUT2D eigenvalue weighted by atomic mass is 10.1. The lowest BCUT2D eigenvalue weighted by Gasteiger charge is -2.08. The molecule has 0 bridgehead atoms. The minimum absolute atomic E-state index is 0.0208. The summed E-state index contributed by atoms with van der Waals surface area (Å²) >= 11 is 0. The monoisotopic (exact) mass is 313 g/mol. The highest BCUT2D eigenvalue weighted by Crippen LogP contribution is 2.13. The van der Waals surface area contributed by atoms with Crippen molar-refractivity contribution in [2.45, 2.75) is 13.8 Å². The number of nitrogens with zero attached hydrogens (tertiary/aromatic N) is 1. The van der Waals surface area contributed by atoms with Gasteiger partial charge in [-0.2, -0.15) is 0 Å². The molecule has 0 aliphatic rings. The van der Waals surface area contributed by atoms with Gasteiger partial charge in [0.2, 0.25) is 0 Å². The summed E-state index contributed by atoms with van der Waals surface area (Å²) in [6.45, 7) is 4.93. The molecule has 7 heteroatoms. The zero-order valence-corrected chi connectivity index (χ0v) is 13.5. The number of sulfone groups is 1. The molecule has 6 nitrogen and oxygen atoms in total. The Labute approximate surface area is 126 Å². The molecule has 0 unspecified atom stereocenters. The van der Waals surface area contributed by atoms with Crippen LogP contribution >= 0.6 is 0 Å². The highest BCUT2D eigenvalue weighted by Gasteiger charge is 2.01. The minimum atomic E-state index is -2.97. The summed E-state index contributed by atoms with van der Waals surface area (Å²) in [7, 11) is -2.97. The van der Waals surface area contributed by atoms with E-state index in [-0.39, 0.29) is 12.4 Å². The molecule has 0 radical (unpaired) electrons. The van der Waals surface area contributed by atoms with Gasteiger partial charge in [-0.1, -0.05) is 6.07 Å². The third-order valence-electron chi connectivity index (χ3n) is 2.61. The topological polar surface area (TPSA) is 93.8 Å². The molecule has 0 saturated carbocycles. The number of anilines is 1. The lowest BCUT2D eigenvalue weighted by Crippen LogP contribution is -2.23. The van der Waals surface area contributed by atoms with Crippen molar-refractivity contribution in [3.63, 3.8) is 0 Å². The third kappa shape index (κ3) is 8.31. The number of guanidine groups is 1. The van der Waals surface area contributed by atoms with Crippen LogP contribution in [0.5, 0.6) is 0 Å². The van der Waals surface area contributed by atoms with Crippen molar-refractivity contribution in [2.24, 2.45) is 10.7 Å². The van der Waals surface area contributed by atoms with Gasteiger partial charge < -0.3 is 15.8 Å². The molecule has 1 aromatic carbocycles. The van der Waals surface area contributed by atoms with Crippen molar-refractivity contribution >= 4 is 21.5 Å². The normalized spacial score (nSPS) is 12.4. The van der Waals surface area contributed by atoms with E-state index < -0.39 is 9.84 Å². The number of ether oxygens (including phenoxy) is 1. The third-order valence-corrected chi connectivity index (χ3v) is 3.52. The maximum atomic E-state index is 10.9. The fraction of sp³-hybridized carbons (Fsp3) is 0.500. The molecule has 1 rings (SSSR count). The van der Waals surface area contributed by atoms with Crippen LogP contribution in [0.25, 0.3) is 0 Å². The predicted octanol–water partition coefficient (Wildman–Crippen LogP) is 1.09. The van der Waals surface area contributed by atoms with Crippen molar-refractivity contribution in [1.29, 1.82) is 0 Å². The molecule has 0 atom stereocenters. The van der Waals surface area contributed by atoms with Gasteiger partial charge in [-0.3, -0.25) is 4.99 Å². The number of hydrogen-bond acceptors (Lipinski definition) is 4. The smallest absolute Gasteiger partial charge is 0.193 e. The summed E-state index contributed by atoms with van der Waals surface area (Å²) in [4.78, 5) is 4.12. The standard InChI is InChI=1S/C14H23N3O3S/c1-11-8-12(2)10-13(9-11)17-14(15)16-4-5-20-6-7-21(3,18)19/h8-10H,4-7H2,1-3H3,(H3,15,16,17). The number of nitrogens with two attached hydrogens (primary N) is 1. The number of aryl methyl sites for hydroxylation is 2. The molecule has 21 heavy (non-hydrogen) atoms. The van der Waals surface area contributed by atoms with Gasteiger partial charge in [-0.25, -0.2) is 8.42 Å². The Balaban J connectivity index is 2.33. The van der Waals surface area contributed by atoms with Gasteiger partial charge in [-0.05, 0) is 37.1 Å². The molecule has 0 saturated heterocycles. The van der Waals surface area contributed by atoms with Crippen molar-refractivity contribution in [3.8, 4) is 0 Å². The quantitative estimate of drug-likeness (QED) is 0.446. The van der Waals surface area contributed by atoms with Crippen molar-refractivity contribution in [1.82, 2.24) is 0 Å². The molecule has 0 aliphatic heterocycles. The van der Waals surface area contributed by atoms with Crippen LogP contribution in [0, 0.1) is 13.8 Å². The molecule has 118 valence electrons. The van der Waals surface area contributed by atoms with Gasteiger partial charge in [0.1, 0.15) is 9.84 Å².